The van der Waals surface area contributed by atoms with Gasteiger partial charge in [0, 0.05) is 32.5 Å². The molecule has 0 aromatic carbocycles. The van der Waals surface area contributed by atoms with Crippen LogP contribution in [0.25, 0.3) is 0 Å². The zero-order valence-electron chi connectivity index (χ0n) is 13.8. The van der Waals surface area contributed by atoms with Gasteiger partial charge in [0.1, 0.15) is 6.10 Å². The van der Waals surface area contributed by atoms with Crippen LogP contribution in [0.4, 0.5) is 4.79 Å². The summed E-state index contributed by atoms with van der Waals surface area (Å²) >= 11 is 0. The predicted octanol–water partition coefficient (Wildman–Crippen LogP) is 1.36. The van der Waals surface area contributed by atoms with Crippen LogP contribution in [0, 0.1) is 5.92 Å². The largest absolute Gasteiger partial charge is 0.383 e. The van der Waals surface area contributed by atoms with Crippen LogP contribution in [0.5, 0.6) is 0 Å². The number of ether oxygens (including phenoxy) is 2. The van der Waals surface area contributed by atoms with Crippen molar-refractivity contribution in [1.82, 2.24) is 20.4 Å². The number of hydrogen-bond donors (Lipinski definition) is 2. The lowest BCUT2D eigenvalue weighted by molar-refractivity contribution is -0.00766. The summed E-state index contributed by atoms with van der Waals surface area (Å²) in [5.41, 5.74) is 1.01. The molecule has 2 fully saturated rings. The molecule has 128 valence electrons. The maximum absolute atomic E-state index is 12.4. The summed E-state index contributed by atoms with van der Waals surface area (Å²) < 4.78 is 12.8. The lowest BCUT2D eigenvalue weighted by atomic mass is 9.98. The van der Waals surface area contributed by atoms with E-state index in [2.05, 4.69) is 15.7 Å². The minimum absolute atomic E-state index is 0.0321. The van der Waals surface area contributed by atoms with Gasteiger partial charge in [0.2, 0.25) is 0 Å². The lowest BCUT2D eigenvalue weighted by Crippen LogP contribution is -2.51. The number of aromatic nitrogens is 2. The van der Waals surface area contributed by atoms with Crippen LogP contribution in [0.1, 0.15) is 37.4 Å². The molecule has 23 heavy (non-hydrogen) atoms. The van der Waals surface area contributed by atoms with Gasteiger partial charge in [0.25, 0.3) is 0 Å². The fourth-order valence-electron chi connectivity index (χ4n) is 3.20. The first-order valence-corrected chi connectivity index (χ1v) is 8.33. The Bertz CT molecular complexity index is 529. The van der Waals surface area contributed by atoms with E-state index in [4.69, 9.17) is 9.47 Å². The molecule has 1 aliphatic heterocycles. The predicted molar refractivity (Wildman–Crippen MR) is 85.0 cm³/mol. The maximum atomic E-state index is 12.4. The number of nitrogens with zero attached hydrogens (tertiary/aromatic N) is 2. The highest BCUT2D eigenvalue weighted by Crippen LogP contribution is 2.33. The smallest absolute Gasteiger partial charge is 0.315 e. The van der Waals surface area contributed by atoms with E-state index in [1.807, 2.05) is 13.2 Å². The van der Waals surface area contributed by atoms with Gasteiger partial charge in [-0.25, -0.2) is 4.79 Å². The second-order valence-corrected chi connectivity index (χ2v) is 6.50. The van der Waals surface area contributed by atoms with Crippen molar-refractivity contribution in [2.24, 2.45) is 13.0 Å². The fraction of sp³-hybridized carbons (Fsp3) is 0.750. The van der Waals surface area contributed by atoms with Gasteiger partial charge >= 0.3 is 6.03 Å². The van der Waals surface area contributed by atoms with Crippen LogP contribution < -0.4 is 10.6 Å². The second-order valence-electron chi connectivity index (χ2n) is 6.50. The van der Waals surface area contributed by atoms with Gasteiger partial charge in [-0.2, -0.15) is 5.10 Å². The molecule has 1 saturated heterocycles. The summed E-state index contributed by atoms with van der Waals surface area (Å²) in [5.74, 6) is 0.553. The minimum Gasteiger partial charge on any atom is -0.383 e. The normalized spacial score (nSPS) is 25.8. The summed E-state index contributed by atoms with van der Waals surface area (Å²) in [5, 5.41) is 10.3. The number of methoxy groups -OCH3 is 1. The minimum atomic E-state index is -0.136. The van der Waals surface area contributed by atoms with Crippen molar-refractivity contribution in [3.8, 4) is 0 Å². The molecule has 1 aromatic rings. The van der Waals surface area contributed by atoms with E-state index < -0.39 is 0 Å². The Kier molecular flexibility index (Phi) is 5.17. The average molecular weight is 322 g/mol. The van der Waals surface area contributed by atoms with Gasteiger partial charge in [-0.1, -0.05) is 0 Å². The second kappa shape index (κ2) is 7.31. The third-order valence-corrected chi connectivity index (χ3v) is 4.55. The number of hydrogen-bond acceptors (Lipinski definition) is 4. The third-order valence-electron chi connectivity index (χ3n) is 4.55. The maximum Gasteiger partial charge on any atom is 0.315 e. The Morgan fingerprint density at radius 3 is 3.00 bits per heavy atom. The van der Waals surface area contributed by atoms with Gasteiger partial charge in [-0.05, 0) is 31.6 Å². The van der Waals surface area contributed by atoms with Crippen LogP contribution in [0.2, 0.25) is 0 Å². The molecule has 2 N–H and O–H groups in total. The molecule has 3 rings (SSSR count). The van der Waals surface area contributed by atoms with Gasteiger partial charge in [0.15, 0.2) is 0 Å². The summed E-state index contributed by atoms with van der Waals surface area (Å²) in [6.45, 7) is 1.28. The first-order chi connectivity index (χ1) is 11.2. The van der Waals surface area contributed by atoms with Crippen molar-refractivity contribution < 1.29 is 14.3 Å². The van der Waals surface area contributed by atoms with Crippen LogP contribution in [0.15, 0.2) is 12.4 Å². The van der Waals surface area contributed by atoms with E-state index >= 15 is 0 Å². The Labute approximate surface area is 136 Å². The van der Waals surface area contributed by atoms with E-state index in [-0.39, 0.29) is 24.2 Å². The summed E-state index contributed by atoms with van der Waals surface area (Å²) in [4.78, 5) is 12.4. The van der Waals surface area contributed by atoms with Crippen LogP contribution in [0.3, 0.4) is 0 Å². The van der Waals surface area contributed by atoms with Gasteiger partial charge in [-0.3, -0.25) is 4.68 Å². The molecule has 0 radical (unpaired) electrons. The van der Waals surface area contributed by atoms with Crippen molar-refractivity contribution in [3.05, 3.63) is 18.0 Å². The van der Waals surface area contributed by atoms with Crippen molar-refractivity contribution in [2.45, 2.75) is 43.9 Å². The Morgan fingerprint density at radius 2 is 2.35 bits per heavy atom. The summed E-state index contributed by atoms with van der Waals surface area (Å²) in [6, 6.07) is -0.0694. The van der Waals surface area contributed by atoms with Crippen LogP contribution in [-0.4, -0.2) is 48.2 Å². The van der Waals surface area contributed by atoms with Gasteiger partial charge < -0.3 is 20.1 Å². The first-order valence-electron chi connectivity index (χ1n) is 8.33. The van der Waals surface area contributed by atoms with Crippen LogP contribution >= 0.6 is 0 Å². The van der Waals surface area contributed by atoms with Crippen molar-refractivity contribution in [3.63, 3.8) is 0 Å². The summed E-state index contributed by atoms with van der Waals surface area (Å²) in [7, 11) is 3.55. The van der Waals surface area contributed by atoms with E-state index in [0.717, 1.165) is 18.4 Å². The molecule has 1 aliphatic carbocycles. The van der Waals surface area contributed by atoms with Crippen molar-refractivity contribution >= 4 is 6.03 Å². The van der Waals surface area contributed by atoms with E-state index in [1.165, 1.54) is 12.8 Å². The van der Waals surface area contributed by atoms with Gasteiger partial charge in [-0.15, -0.1) is 0 Å². The molecule has 1 saturated carbocycles. The number of rotatable bonds is 6. The van der Waals surface area contributed by atoms with Crippen LogP contribution in [-0.2, 0) is 16.5 Å². The molecule has 1 aromatic heterocycles. The Balaban J connectivity index is 1.58. The fourth-order valence-corrected chi connectivity index (χ4v) is 3.20. The molecule has 0 bridgehead atoms. The monoisotopic (exact) mass is 322 g/mol. The highest BCUT2D eigenvalue weighted by Gasteiger charge is 2.34. The lowest BCUT2D eigenvalue weighted by Gasteiger charge is -2.32. The zero-order valence-corrected chi connectivity index (χ0v) is 13.8. The molecule has 2 amide bonds. The highest BCUT2D eigenvalue weighted by molar-refractivity contribution is 5.74. The molecule has 2 heterocycles. The molecule has 0 spiro atoms. The number of aryl methyl sites for hydroxylation is 1. The molecule has 3 atom stereocenters. The third kappa shape index (κ3) is 4.23. The number of carbonyl (C=O) groups excluding carboxylic acids is 1. The number of urea groups is 1. The van der Waals surface area contributed by atoms with Gasteiger partial charge in [0.05, 0.1) is 24.9 Å². The van der Waals surface area contributed by atoms with E-state index in [9.17, 15) is 4.79 Å². The number of nitrogens with one attached hydrogen (secondary N) is 2. The standard InChI is InChI=1S/C16H26N4O3/c1-20-9-12(8-17-20)15-13(4-3-7-23-15)18-16(21)19-14(10-22-2)11-5-6-11/h8-9,11,13-15H,3-7,10H2,1-2H3,(H2,18,19,21)/t13-,14?,15+/m0/s1. The molecule has 1 unspecified atom stereocenters. The molecule has 7 heteroatoms. The SMILES string of the molecule is COCC(NC(=O)N[C@H]1CCCO[C@@H]1c1cnn(C)c1)C1CC1. The van der Waals surface area contributed by atoms with Crippen molar-refractivity contribution in [1.29, 1.82) is 0 Å². The summed E-state index contributed by atoms with van der Waals surface area (Å²) in [6.07, 6.45) is 7.81. The Morgan fingerprint density at radius 1 is 1.52 bits per heavy atom. The number of carbonyl (C=O) groups is 1. The van der Waals surface area contributed by atoms with E-state index in [0.29, 0.717) is 19.1 Å². The molecular formula is C16H26N4O3. The zero-order chi connectivity index (χ0) is 16.2. The quantitative estimate of drug-likeness (QED) is 0.829. The number of amides is 2. The Hall–Kier alpha value is -1.60. The van der Waals surface area contributed by atoms with Crippen molar-refractivity contribution in [2.75, 3.05) is 20.3 Å². The highest BCUT2D eigenvalue weighted by atomic mass is 16.5. The topological polar surface area (TPSA) is 77.4 Å². The first kappa shape index (κ1) is 16.3. The molecule has 7 nitrogen and oxygen atoms in total. The molecular weight excluding hydrogens is 296 g/mol. The molecule has 2 aliphatic rings. The average Bonchev–Trinajstić information content (AvgIpc) is 3.29. The van der Waals surface area contributed by atoms with E-state index in [1.54, 1.807) is 18.0 Å².